The molecule has 100 valence electrons. The monoisotopic (exact) mass is 275 g/mol. The third kappa shape index (κ3) is 3.13. The first-order chi connectivity index (χ1) is 8.41. The fraction of sp³-hybridized carbons (Fsp3) is 0.538. The van der Waals surface area contributed by atoms with E-state index < -0.39 is 11.7 Å². The van der Waals surface area contributed by atoms with Crippen LogP contribution in [0.25, 0.3) is 0 Å². The van der Waals surface area contributed by atoms with E-state index >= 15 is 0 Å². The number of hydrogen-bond acceptors (Lipinski definition) is 2. The molecule has 1 unspecified atom stereocenters. The summed E-state index contributed by atoms with van der Waals surface area (Å²) < 4.78 is 38.5. The number of anilines is 1. The SMILES string of the molecule is CC1(CNc2ccccc2C(F)(F)F)CCCS1. The summed E-state index contributed by atoms with van der Waals surface area (Å²) in [4.78, 5) is 0. The Morgan fingerprint density at radius 2 is 2.06 bits per heavy atom. The van der Waals surface area contributed by atoms with Crippen molar-refractivity contribution in [3.8, 4) is 0 Å². The molecule has 18 heavy (non-hydrogen) atoms. The summed E-state index contributed by atoms with van der Waals surface area (Å²) in [6.45, 7) is 2.68. The Kier molecular flexibility index (Phi) is 3.80. The van der Waals surface area contributed by atoms with Gasteiger partial charge in [-0.25, -0.2) is 0 Å². The first kappa shape index (κ1) is 13.6. The van der Waals surface area contributed by atoms with E-state index in [-0.39, 0.29) is 10.4 Å². The predicted octanol–water partition coefficient (Wildman–Crippen LogP) is 4.40. The zero-order valence-electron chi connectivity index (χ0n) is 10.2. The van der Waals surface area contributed by atoms with E-state index in [0.717, 1.165) is 24.7 Å². The lowest BCUT2D eigenvalue weighted by molar-refractivity contribution is -0.136. The quantitative estimate of drug-likeness (QED) is 0.877. The maximum absolute atomic E-state index is 12.8. The minimum atomic E-state index is -4.30. The van der Waals surface area contributed by atoms with Crippen LogP contribution in [0.1, 0.15) is 25.3 Å². The Bertz CT molecular complexity index is 411. The van der Waals surface area contributed by atoms with Crippen molar-refractivity contribution in [2.75, 3.05) is 17.6 Å². The van der Waals surface area contributed by atoms with Crippen molar-refractivity contribution in [2.45, 2.75) is 30.7 Å². The molecule has 0 aromatic heterocycles. The minimum Gasteiger partial charge on any atom is -0.383 e. The Labute approximate surface area is 109 Å². The molecule has 0 aliphatic carbocycles. The normalized spacial score (nSPS) is 24.2. The highest BCUT2D eigenvalue weighted by Gasteiger charge is 2.34. The molecule has 1 atom stereocenters. The summed E-state index contributed by atoms with van der Waals surface area (Å²) in [5.74, 6) is 1.10. The molecule has 0 radical (unpaired) electrons. The fourth-order valence-corrected chi connectivity index (χ4v) is 3.39. The van der Waals surface area contributed by atoms with Gasteiger partial charge in [0.25, 0.3) is 0 Å². The topological polar surface area (TPSA) is 12.0 Å². The molecule has 1 N–H and O–H groups in total. The van der Waals surface area contributed by atoms with E-state index in [1.807, 2.05) is 11.8 Å². The minimum absolute atomic E-state index is 0.0543. The molecule has 1 aliphatic rings. The summed E-state index contributed by atoms with van der Waals surface area (Å²) in [7, 11) is 0. The van der Waals surface area contributed by atoms with Crippen molar-refractivity contribution in [1.29, 1.82) is 0 Å². The summed E-state index contributed by atoms with van der Waals surface area (Å²) in [5, 5.41) is 2.96. The molecule has 0 saturated carbocycles. The molecule has 1 fully saturated rings. The standard InChI is InChI=1S/C13H16F3NS/c1-12(7-4-8-18-12)9-17-11-6-3-2-5-10(11)13(14,15)16/h2-3,5-6,17H,4,7-9H2,1H3. The predicted molar refractivity (Wildman–Crippen MR) is 70.0 cm³/mol. The van der Waals surface area contributed by atoms with Gasteiger partial charge < -0.3 is 5.32 Å². The average Bonchev–Trinajstić information content (AvgIpc) is 2.73. The van der Waals surface area contributed by atoms with Crippen molar-refractivity contribution >= 4 is 17.4 Å². The molecule has 1 aliphatic heterocycles. The van der Waals surface area contributed by atoms with Gasteiger partial charge in [0.2, 0.25) is 0 Å². The second-order valence-electron chi connectivity index (χ2n) is 4.80. The van der Waals surface area contributed by atoms with Gasteiger partial charge in [0.05, 0.1) is 5.56 Å². The summed E-state index contributed by atoms with van der Waals surface area (Å²) in [5.41, 5.74) is -0.407. The van der Waals surface area contributed by atoms with Crippen LogP contribution in [0, 0.1) is 0 Å². The van der Waals surface area contributed by atoms with Gasteiger partial charge in [-0.15, -0.1) is 0 Å². The molecular formula is C13H16F3NS. The average molecular weight is 275 g/mol. The van der Waals surface area contributed by atoms with Crippen LogP contribution in [-0.2, 0) is 6.18 Å². The van der Waals surface area contributed by atoms with Gasteiger partial charge in [0.1, 0.15) is 0 Å². The summed E-state index contributed by atoms with van der Waals surface area (Å²) in [6.07, 6.45) is -2.10. The molecular weight excluding hydrogens is 259 g/mol. The van der Waals surface area contributed by atoms with Crippen molar-refractivity contribution in [1.82, 2.24) is 0 Å². The Morgan fingerprint density at radius 1 is 1.33 bits per heavy atom. The number of rotatable bonds is 3. The first-order valence-corrected chi connectivity index (χ1v) is 6.93. The van der Waals surface area contributed by atoms with Crippen LogP contribution in [0.15, 0.2) is 24.3 Å². The van der Waals surface area contributed by atoms with Crippen LogP contribution in [0.2, 0.25) is 0 Å². The van der Waals surface area contributed by atoms with Crippen LogP contribution in [0.4, 0.5) is 18.9 Å². The van der Waals surface area contributed by atoms with E-state index in [4.69, 9.17) is 0 Å². The maximum atomic E-state index is 12.8. The number of thioether (sulfide) groups is 1. The van der Waals surface area contributed by atoms with Gasteiger partial charge in [-0.05, 0) is 37.7 Å². The number of halogens is 3. The largest absolute Gasteiger partial charge is 0.418 e. The number of benzene rings is 1. The van der Waals surface area contributed by atoms with Crippen LogP contribution in [-0.4, -0.2) is 17.0 Å². The molecule has 1 aromatic rings. The lowest BCUT2D eigenvalue weighted by Crippen LogP contribution is -2.27. The molecule has 5 heteroatoms. The summed E-state index contributed by atoms with van der Waals surface area (Å²) >= 11 is 1.83. The van der Waals surface area contributed by atoms with Crippen molar-refractivity contribution in [3.05, 3.63) is 29.8 Å². The van der Waals surface area contributed by atoms with E-state index in [9.17, 15) is 13.2 Å². The van der Waals surface area contributed by atoms with Crippen LogP contribution in [0.5, 0.6) is 0 Å². The van der Waals surface area contributed by atoms with Crippen molar-refractivity contribution < 1.29 is 13.2 Å². The zero-order valence-corrected chi connectivity index (χ0v) is 11.0. The highest BCUT2D eigenvalue weighted by Crippen LogP contribution is 2.39. The Morgan fingerprint density at radius 3 is 2.67 bits per heavy atom. The van der Waals surface area contributed by atoms with Gasteiger partial charge in [-0.2, -0.15) is 24.9 Å². The zero-order chi connectivity index (χ0) is 13.2. The fourth-order valence-electron chi connectivity index (χ4n) is 2.14. The number of para-hydroxylation sites is 1. The van der Waals surface area contributed by atoms with E-state index in [2.05, 4.69) is 12.2 Å². The molecule has 0 spiro atoms. The van der Waals surface area contributed by atoms with E-state index in [1.165, 1.54) is 12.1 Å². The molecule has 0 amide bonds. The van der Waals surface area contributed by atoms with Gasteiger partial charge in [0.15, 0.2) is 0 Å². The van der Waals surface area contributed by atoms with Crippen LogP contribution < -0.4 is 5.32 Å². The van der Waals surface area contributed by atoms with Crippen molar-refractivity contribution in [3.63, 3.8) is 0 Å². The smallest absolute Gasteiger partial charge is 0.383 e. The van der Waals surface area contributed by atoms with Crippen LogP contribution >= 0.6 is 11.8 Å². The summed E-state index contributed by atoms with van der Waals surface area (Å²) in [6, 6.07) is 5.65. The number of nitrogens with one attached hydrogen (secondary N) is 1. The van der Waals surface area contributed by atoms with Gasteiger partial charge in [-0.3, -0.25) is 0 Å². The highest BCUT2D eigenvalue weighted by molar-refractivity contribution is 8.00. The number of alkyl halides is 3. The molecule has 1 heterocycles. The lowest BCUT2D eigenvalue weighted by Gasteiger charge is -2.24. The molecule has 1 nitrogen and oxygen atoms in total. The third-order valence-corrected chi connectivity index (χ3v) is 4.72. The lowest BCUT2D eigenvalue weighted by atomic mass is 10.1. The molecule has 1 aromatic carbocycles. The Hall–Kier alpha value is -0.840. The second-order valence-corrected chi connectivity index (χ2v) is 6.48. The highest BCUT2D eigenvalue weighted by atomic mass is 32.2. The van der Waals surface area contributed by atoms with E-state index in [1.54, 1.807) is 6.07 Å². The second kappa shape index (κ2) is 5.03. The van der Waals surface area contributed by atoms with Gasteiger partial charge >= 0.3 is 6.18 Å². The van der Waals surface area contributed by atoms with Gasteiger partial charge in [-0.1, -0.05) is 12.1 Å². The molecule has 0 bridgehead atoms. The Balaban J connectivity index is 2.10. The van der Waals surface area contributed by atoms with E-state index in [0.29, 0.717) is 6.54 Å². The molecule has 2 rings (SSSR count). The van der Waals surface area contributed by atoms with Crippen LogP contribution in [0.3, 0.4) is 0 Å². The van der Waals surface area contributed by atoms with Gasteiger partial charge in [0, 0.05) is 17.0 Å². The number of hydrogen-bond donors (Lipinski definition) is 1. The maximum Gasteiger partial charge on any atom is 0.418 e. The van der Waals surface area contributed by atoms with Crippen molar-refractivity contribution in [2.24, 2.45) is 0 Å². The first-order valence-electron chi connectivity index (χ1n) is 5.95. The molecule has 1 saturated heterocycles. The third-order valence-electron chi connectivity index (χ3n) is 3.19.